The average Bonchev–Trinajstić information content (AvgIpc) is 3.11. The molecule has 3 rings (SSSR count). The molecule has 6 heteroatoms. The van der Waals surface area contributed by atoms with Crippen molar-refractivity contribution in [1.82, 2.24) is 25.5 Å². The molecule has 152 valence electrons. The smallest absolute Gasteiger partial charge is 0.251 e. The van der Waals surface area contributed by atoms with E-state index in [1.807, 2.05) is 39.0 Å². The van der Waals surface area contributed by atoms with E-state index in [0.717, 1.165) is 22.6 Å². The van der Waals surface area contributed by atoms with Gasteiger partial charge in [-0.3, -0.25) is 4.79 Å². The molecular formula is C23H29N5O. The van der Waals surface area contributed by atoms with Crippen LogP contribution in [0.25, 0.3) is 16.8 Å². The van der Waals surface area contributed by atoms with E-state index >= 15 is 0 Å². The largest absolute Gasteiger partial charge is 0.347 e. The summed E-state index contributed by atoms with van der Waals surface area (Å²) in [5.74, 6) is 0.610. The standard InChI is InChI=1S/C23H29N5O/c1-15-8-10-16(11-9-15)17-12-18(20(29)24-23(5,6)7)14-19(13-17)28-21(22(2,3)4)25-26-27-28/h8-14H,1-7H3,(H,24,29). The number of tetrazole rings is 1. The third kappa shape index (κ3) is 4.88. The van der Waals surface area contributed by atoms with Gasteiger partial charge in [0.25, 0.3) is 5.91 Å². The van der Waals surface area contributed by atoms with Gasteiger partial charge < -0.3 is 5.32 Å². The fraction of sp³-hybridized carbons (Fsp3) is 0.391. The highest BCUT2D eigenvalue weighted by Gasteiger charge is 2.24. The van der Waals surface area contributed by atoms with Crippen LogP contribution in [0.3, 0.4) is 0 Å². The quantitative estimate of drug-likeness (QED) is 0.715. The van der Waals surface area contributed by atoms with Crippen molar-refractivity contribution in [1.29, 1.82) is 0 Å². The van der Waals surface area contributed by atoms with E-state index in [9.17, 15) is 4.79 Å². The molecule has 3 aromatic rings. The Kier molecular flexibility index (Phi) is 5.30. The first kappa shape index (κ1) is 20.7. The van der Waals surface area contributed by atoms with Crippen LogP contribution in [-0.2, 0) is 5.41 Å². The summed E-state index contributed by atoms with van der Waals surface area (Å²) in [4.78, 5) is 12.9. The van der Waals surface area contributed by atoms with Gasteiger partial charge in [0.15, 0.2) is 5.82 Å². The predicted octanol–water partition coefficient (Wildman–Crippen LogP) is 4.46. The van der Waals surface area contributed by atoms with E-state index in [0.29, 0.717) is 5.56 Å². The molecule has 6 nitrogen and oxygen atoms in total. The number of aryl methyl sites for hydroxylation is 1. The maximum atomic E-state index is 12.9. The first-order valence-electron chi connectivity index (χ1n) is 9.78. The minimum absolute atomic E-state index is 0.127. The summed E-state index contributed by atoms with van der Waals surface area (Å²) >= 11 is 0. The van der Waals surface area contributed by atoms with Crippen LogP contribution in [0, 0.1) is 6.92 Å². The molecule has 1 heterocycles. The number of carbonyl (C=O) groups excluding carboxylic acids is 1. The molecular weight excluding hydrogens is 362 g/mol. The van der Waals surface area contributed by atoms with Crippen LogP contribution < -0.4 is 5.32 Å². The van der Waals surface area contributed by atoms with Gasteiger partial charge in [0.2, 0.25) is 0 Å². The van der Waals surface area contributed by atoms with Crippen molar-refractivity contribution in [2.45, 2.75) is 59.4 Å². The van der Waals surface area contributed by atoms with Gasteiger partial charge >= 0.3 is 0 Å². The Morgan fingerprint density at radius 3 is 2.17 bits per heavy atom. The van der Waals surface area contributed by atoms with E-state index < -0.39 is 0 Å². The molecule has 0 aliphatic carbocycles. The number of aromatic nitrogens is 4. The van der Waals surface area contributed by atoms with Gasteiger partial charge in [-0.05, 0) is 67.4 Å². The van der Waals surface area contributed by atoms with Crippen LogP contribution in [0.4, 0.5) is 0 Å². The normalized spacial score (nSPS) is 12.1. The van der Waals surface area contributed by atoms with Crippen LogP contribution in [0.2, 0.25) is 0 Å². The third-order valence-corrected chi connectivity index (χ3v) is 4.44. The summed E-state index contributed by atoms with van der Waals surface area (Å²) in [6.45, 7) is 14.1. The van der Waals surface area contributed by atoms with Crippen molar-refractivity contribution in [2.75, 3.05) is 0 Å². The topological polar surface area (TPSA) is 72.7 Å². The molecule has 0 aliphatic rings. The maximum absolute atomic E-state index is 12.9. The lowest BCUT2D eigenvalue weighted by Crippen LogP contribution is -2.40. The van der Waals surface area contributed by atoms with Gasteiger partial charge in [-0.2, -0.15) is 4.68 Å². The monoisotopic (exact) mass is 391 g/mol. The fourth-order valence-corrected chi connectivity index (χ4v) is 3.02. The summed E-state index contributed by atoms with van der Waals surface area (Å²) in [7, 11) is 0. The molecule has 2 aromatic carbocycles. The van der Waals surface area contributed by atoms with E-state index in [2.05, 4.69) is 72.8 Å². The molecule has 1 N–H and O–H groups in total. The Labute approximate surface area is 172 Å². The highest BCUT2D eigenvalue weighted by molar-refractivity contribution is 5.96. The summed E-state index contributed by atoms with van der Waals surface area (Å²) in [5, 5.41) is 15.3. The summed E-state index contributed by atoms with van der Waals surface area (Å²) in [5.41, 5.74) is 3.93. The number of hydrogen-bond donors (Lipinski definition) is 1. The third-order valence-electron chi connectivity index (χ3n) is 4.44. The van der Waals surface area contributed by atoms with Crippen molar-refractivity contribution >= 4 is 5.91 Å². The van der Waals surface area contributed by atoms with Gasteiger partial charge in [-0.15, -0.1) is 5.10 Å². The summed E-state index contributed by atoms with van der Waals surface area (Å²) in [6.07, 6.45) is 0. The number of benzene rings is 2. The molecule has 0 saturated heterocycles. The Bertz CT molecular complexity index is 1020. The molecule has 0 spiro atoms. The fourth-order valence-electron chi connectivity index (χ4n) is 3.02. The van der Waals surface area contributed by atoms with Crippen LogP contribution in [0.15, 0.2) is 42.5 Å². The van der Waals surface area contributed by atoms with Crippen molar-refractivity contribution in [2.24, 2.45) is 0 Å². The molecule has 0 saturated carbocycles. The average molecular weight is 392 g/mol. The number of hydrogen-bond acceptors (Lipinski definition) is 4. The molecule has 0 atom stereocenters. The number of amides is 1. The summed E-state index contributed by atoms with van der Waals surface area (Å²) in [6, 6.07) is 14.0. The van der Waals surface area contributed by atoms with Gasteiger partial charge in [0, 0.05) is 16.5 Å². The lowest BCUT2D eigenvalue weighted by atomic mass is 9.95. The predicted molar refractivity (Wildman–Crippen MR) is 115 cm³/mol. The number of nitrogens with one attached hydrogen (secondary N) is 1. The molecule has 1 amide bonds. The van der Waals surface area contributed by atoms with Crippen LogP contribution in [-0.4, -0.2) is 31.7 Å². The zero-order valence-electron chi connectivity index (χ0n) is 18.2. The minimum atomic E-state index is -0.331. The zero-order chi connectivity index (χ0) is 21.4. The Morgan fingerprint density at radius 2 is 1.59 bits per heavy atom. The molecule has 0 bridgehead atoms. The Hall–Kier alpha value is -3.02. The SMILES string of the molecule is Cc1ccc(-c2cc(C(=O)NC(C)(C)C)cc(-n3nnnc3C(C)(C)C)c2)cc1. The highest BCUT2D eigenvalue weighted by Crippen LogP contribution is 2.27. The Balaban J connectivity index is 2.17. The zero-order valence-corrected chi connectivity index (χ0v) is 18.2. The van der Waals surface area contributed by atoms with Crippen molar-refractivity contribution in [3.63, 3.8) is 0 Å². The first-order chi connectivity index (χ1) is 13.4. The number of carbonyl (C=O) groups is 1. The second kappa shape index (κ2) is 7.43. The second-order valence-corrected chi connectivity index (χ2v) is 9.50. The second-order valence-electron chi connectivity index (χ2n) is 9.50. The number of rotatable bonds is 3. The van der Waals surface area contributed by atoms with E-state index in [4.69, 9.17) is 0 Å². The van der Waals surface area contributed by atoms with Gasteiger partial charge in [-0.1, -0.05) is 50.6 Å². The van der Waals surface area contributed by atoms with Crippen molar-refractivity contribution in [3.8, 4) is 16.8 Å². The molecule has 0 fully saturated rings. The highest BCUT2D eigenvalue weighted by atomic mass is 16.1. The van der Waals surface area contributed by atoms with Crippen molar-refractivity contribution in [3.05, 3.63) is 59.4 Å². The molecule has 0 radical (unpaired) electrons. The molecule has 29 heavy (non-hydrogen) atoms. The molecule has 1 aromatic heterocycles. The first-order valence-corrected chi connectivity index (χ1v) is 9.78. The van der Waals surface area contributed by atoms with Crippen molar-refractivity contribution < 1.29 is 4.79 Å². The van der Waals surface area contributed by atoms with Crippen LogP contribution in [0.5, 0.6) is 0 Å². The molecule has 0 aliphatic heterocycles. The summed E-state index contributed by atoms with van der Waals surface area (Å²) < 4.78 is 1.71. The van der Waals surface area contributed by atoms with E-state index in [1.165, 1.54) is 5.56 Å². The van der Waals surface area contributed by atoms with Crippen LogP contribution in [0.1, 0.15) is 63.3 Å². The molecule has 0 unspecified atom stereocenters. The van der Waals surface area contributed by atoms with Crippen LogP contribution >= 0.6 is 0 Å². The Morgan fingerprint density at radius 1 is 0.931 bits per heavy atom. The van der Waals surface area contributed by atoms with Gasteiger partial charge in [-0.25, -0.2) is 0 Å². The van der Waals surface area contributed by atoms with Gasteiger partial charge in [0.1, 0.15) is 0 Å². The lowest BCUT2D eigenvalue weighted by molar-refractivity contribution is 0.0919. The maximum Gasteiger partial charge on any atom is 0.251 e. The van der Waals surface area contributed by atoms with E-state index in [1.54, 1.807) is 4.68 Å². The lowest BCUT2D eigenvalue weighted by Gasteiger charge is -2.21. The minimum Gasteiger partial charge on any atom is -0.347 e. The number of nitrogens with zero attached hydrogens (tertiary/aromatic N) is 4. The van der Waals surface area contributed by atoms with E-state index in [-0.39, 0.29) is 16.9 Å². The van der Waals surface area contributed by atoms with Gasteiger partial charge in [0.05, 0.1) is 5.69 Å².